The van der Waals surface area contributed by atoms with E-state index in [4.69, 9.17) is 4.84 Å². The minimum atomic E-state index is -0.655. The summed E-state index contributed by atoms with van der Waals surface area (Å²) in [4.78, 5) is 31.6. The second kappa shape index (κ2) is 4.95. The summed E-state index contributed by atoms with van der Waals surface area (Å²) in [6.07, 6.45) is 3.05. The number of hydrogen-bond acceptors (Lipinski definition) is 4. The van der Waals surface area contributed by atoms with E-state index in [1.165, 1.54) is 6.20 Å². The van der Waals surface area contributed by atoms with Gasteiger partial charge in [-0.3, -0.25) is 9.78 Å². The Hall–Kier alpha value is -1.91. The molecule has 17 heavy (non-hydrogen) atoms. The number of hydroxylamine groups is 1. The molecule has 1 amide bonds. The molecular weight excluding hydrogens is 220 g/mol. The van der Waals surface area contributed by atoms with Gasteiger partial charge in [0.15, 0.2) is 0 Å². The van der Waals surface area contributed by atoms with Crippen molar-refractivity contribution >= 4 is 11.9 Å². The van der Waals surface area contributed by atoms with Gasteiger partial charge in [0.25, 0.3) is 5.91 Å². The van der Waals surface area contributed by atoms with Crippen LogP contribution in [0.5, 0.6) is 0 Å². The van der Waals surface area contributed by atoms with Crippen molar-refractivity contribution in [1.82, 2.24) is 10.5 Å². The van der Waals surface area contributed by atoms with Gasteiger partial charge in [-0.05, 0) is 39.3 Å². The maximum atomic E-state index is 11.6. The van der Waals surface area contributed by atoms with Gasteiger partial charge in [-0.15, -0.1) is 0 Å². The topological polar surface area (TPSA) is 68.3 Å². The first-order valence-electron chi connectivity index (χ1n) is 5.24. The molecule has 92 valence electrons. The third kappa shape index (κ3) is 3.86. The fraction of sp³-hybridized carbons (Fsp3) is 0.417. The normalized spacial score (nSPS) is 10.8. The highest BCUT2D eigenvalue weighted by Gasteiger charge is 2.24. The maximum absolute atomic E-state index is 11.6. The molecule has 1 rings (SSSR count). The first-order valence-corrected chi connectivity index (χ1v) is 5.24. The van der Waals surface area contributed by atoms with Gasteiger partial charge >= 0.3 is 5.97 Å². The van der Waals surface area contributed by atoms with Crippen LogP contribution in [0.1, 0.15) is 36.7 Å². The second-order valence-corrected chi connectivity index (χ2v) is 4.82. The Morgan fingerprint density at radius 2 is 1.94 bits per heavy atom. The maximum Gasteiger partial charge on any atom is 0.337 e. The van der Waals surface area contributed by atoms with Crippen LogP contribution >= 0.6 is 0 Å². The first-order chi connectivity index (χ1) is 7.80. The standard InChI is InChI=1S/C12H16N2O3/c1-8-5-9(7-13-6-8)10(15)14-17-11(16)12(2,3)4/h5-7H,1-4H3,(H,14,15). The van der Waals surface area contributed by atoms with Gasteiger partial charge in [-0.25, -0.2) is 4.79 Å². The van der Waals surface area contributed by atoms with E-state index in [1.54, 1.807) is 33.0 Å². The third-order valence-electron chi connectivity index (χ3n) is 1.99. The molecule has 0 unspecified atom stereocenters. The molecule has 0 aliphatic rings. The molecule has 5 nitrogen and oxygen atoms in total. The Morgan fingerprint density at radius 1 is 1.29 bits per heavy atom. The molecule has 1 aromatic heterocycles. The summed E-state index contributed by atoms with van der Waals surface area (Å²) in [5.41, 5.74) is 2.66. The lowest BCUT2D eigenvalue weighted by molar-refractivity contribution is -0.158. The van der Waals surface area contributed by atoms with Gasteiger partial charge in [0.1, 0.15) is 0 Å². The van der Waals surface area contributed by atoms with E-state index < -0.39 is 17.3 Å². The summed E-state index contributed by atoms with van der Waals surface area (Å²) >= 11 is 0. The van der Waals surface area contributed by atoms with E-state index in [9.17, 15) is 9.59 Å². The van der Waals surface area contributed by atoms with Gasteiger partial charge in [0, 0.05) is 12.4 Å². The monoisotopic (exact) mass is 236 g/mol. The van der Waals surface area contributed by atoms with Crippen LogP contribution in [0, 0.1) is 12.3 Å². The van der Waals surface area contributed by atoms with E-state index in [0.29, 0.717) is 5.56 Å². The van der Waals surface area contributed by atoms with Crippen molar-refractivity contribution in [2.75, 3.05) is 0 Å². The Balaban J connectivity index is 2.60. The minimum Gasteiger partial charge on any atom is -0.340 e. The molecule has 0 bridgehead atoms. The number of carbonyl (C=O) groups excluding carboxylic acids is 2. The quantitative estimate of drug-likeness (QED) is 0.752. The zero-order valence-electron chi connectivity index (χ0n) is 10.4. The summed E-state index contributed by atoms with van der Waals surface area (Å²) in [6.45, 7) is 6.94. The molecule has 0 aromatic carbocycles. The SMILES string of the molecule is Cc1cncc(C(=O)NOC(=O)C(C)(C)C)c1. The van der Waals surface area contributed by atoms with Crippen LogP contribution in [0.15, 0.2) is 18.5 Å². The van der Waals surface area contributed by atoms with Crippen LogP contribution in [-0.4, -0.2) is 16.9 Å². The smallest absolute Gasteiger partial charge is 0.337 e. The van der Waals surface area contributed by atoms with E-state index in [-0.39, 0.29) is 0 Å². The second-order valence-electron chi connectivity index (χ2n) is 4.82. The fourth-order valence-electron chi connectivity index (χ4n) is 0.984. The zero-order valence-corrected chi connectivity index (χ0v) is 10.4. The molecule has 0 saturated carbocycles. The van der Waals surface area contributed by atoms with Crippen molar-refractivity contribution in [3.63, 3.8) is 0 Å². The highest BCUT2D eigenvalue weighted by molar-refractivity contribution is 5.94. The van der Waals surface area contributed by atoms with Crippen molar-refractivity contribution in [2.45, 2.75) is 27.7 Å². The molecule has 1 aromatic rings. The number of nitrogens with one attached hydrogen (secondary N) is 1. The number of amides is 1. The molecule has 1 N–H and O–H groups in total. The molecule has 0 radical (unpaired) electrons. The molecule has 0 fully saturated rings. The molecule has 0 atom stereocenters. The number of nitrogens with zero attached hydrogens (tertiary/aromatic N) is 1. The zero-order chi connectivity index (χ0) is 13.1. The molecule has 0 spiro atoms. The highest BCUT2D eigenvalue weighted by Crippen LogP contribution is 2.14. The Bertz CT molecular complexity index is 436. The Morgan fingerprint density at radius 3 is 2.47 bits per heavy atom. The van der Waals surface area contributed by atoms with Crippen molar-refractivity contribution in [3.05, 3.63) is 29.6 Å². The van der Waals surface area contributed by atoms with Gasteiger partial charge in [-0.1, -0.05) is 0 Å². The third-order valence-corrected chi connectivity index (χ3v) is 1.99. The number of hydrogen-bond donors (Lipinski definition) is 1. The van der Waals surface area contributed by atoms with E-state index in [0.717, 1.165) is 5.56 Å². The summed E-state index contributed by atoms with van der Waals surface area (Å²) in [5.74, 6) is -0.981. The molecule has 0 aliphatic carbocycles. The van der Waals surface area contributed by atoms with Crippen molar-refractivity contribution in [2.24, 2.45) is 5.41 Å². The van der Waals surface area contributed by atoms with Crippen LogP contribution in [0.25, 0.3) is 0 Å². The summed E-state index contributed by atoms with van der Waals surface area (Å²) in [7, 11) is 0. The predicted octanol–water partition coefficient (Wildman–Crippen LogP) is 1.62. The number of carbonyl (C=O) groups is 2. The summed E-state index contributed by atoms with van der Waals surface area (Å²) in [6, 6.07) is 1.66. The van der Waals surface area contributed by atoms with Crippen LogP contribution in [-0.2, 0) is 9.63 Å². The number of aryl methyl sites for hydroxylation is 1. The van der Waals surface area contributed by atoms with Crippen LogP contribution < -0.4 is 5.48 Å². The van der Waals surface area contributed by atoms with Crippen molar-refractivity contribution in [3.8, 4) is 0 Å². The van der Waals surface area contributed by atoms with Gasteiger partial charge in [0.05, 0.1) is 11.0 Å². The van der Waals surface area contributed by atoms with Crippen LogP contribution in [0.4, 0.5) is 0 Å². The lowest BCUT2D eigenvalue weighted by Crippen LogP contribution is -2.33. The Labute approximate surface area is 100 Å². The summed E-state index contributed by atoms with van der Waals surface area (Å²) in [5, 5.41) is 0. The first kappa shape index (κ1) is 13.2. The average molecular weight is 236 g/mol. The fourth-order valence-corrected chi connectivity index (χ4v) is 0.984. The average Bonchev–Trinajstić information content (AvgIpc) is 2.24. The molecule has 1 heterocycles. The van der Waals surface area contributed by atoms with E-state index >= 15 is 0 Å². The molecule has 0 saturated heterocycles. The largest absolute Gasteiger partial charge is 0.340 e. The lowest BCUT2D eigenvalue weighted by atomic mass is 9.98. The lowest BCUT2D eigenvalue weighted by Gasteiger charge is -2.15. The summed E-state index contributed by atoms with van der Waals surface area (Å²) < 4.78 is 0. The number of rotatable bonds is 1. The van der Waals surface area contributed by atoms with Crippen molar-refractivity contribution in [1.29, 1.82) is 0 Å². The highest BCUT2D eigenvalue weighted by atomic mass is 16.7. The molecular formula is C12H16N2O3. The van der Waals surface area contributed by atoms with Crippen molar-refractivity contribution < 1.29 is 14.4 Å². The van der Waals surface area contributed by atoms with Crippen LogP contribution in [0.2, 0.25) is 0 Å². The Kier molecular flexibility index (Phi) is 3.83. The molecule has 0 aliphatic heterocycles. The number of pyridine rings is 1. The van der Waals surface area contributed by atoms with Gasteiger partial charge in [-0.2, -0.15) is 5.48 Å². The van der Waals surface area contributed by atoms with Gasteiger partial charge in [0.2, 0.25) is 0 Å². The number of aromatic nitrogens is 1. The predicted molar refractivity (Wildman–Crippen MR) is 62.0 cm³/mol. The van der Waals surface area contributed by atoms with E-state index in [2.05, 4.69) is 10.5 Å². The van der Waals surface area contributed by atoms with Crippen LogP contribution in [0.3, 0.4) is 0 Å². The van der Waals surface area contributed by atoms with Gasteiger partial charge < -0.3 is 4.84 Å². The van der Waals surface area contributed by atoms with E-state index in [1.807, 2.05) is 6.92 Å². The minimum absolute atomic E-state index is 0.353. The molecule has 5 heteroatoms.